The number of Topliss-reactive ketones (excluding diaryl/α,β-unsaturated/α-hetero) is 1. The zero-order valence-electron chi connectivity index (χ0n) is 13.4. The number of carbonyl (C=O) groups excluding carboxylic acids is 2. The number of anilines is 1. The minimum atomic E-state index is -0.181. The first kappa shape index (κ1) is 15.0. The van der Waals surface area contributed by atoms with Crippen LogP contribution in [0.25, 0.3) is 10.9 Å². The Hall–Kier alpha value is -2.88. The molecule has 0 saturated heterocycles. The van der Waals surface area contributed by atoms with Crippen LogP contribution in [-0.4, -0.2) is 16.7 Å². The number of H-pyrrole nitrogens is 1. The van der Waals surface area contributed by atoms with Gasteiger partial charge in [0.1, 0.15) is 0 Å². The molecule has 3 rings (SSSR count). The number of aryl methyl sites for hydroxylation is 2. The van der Waals surface area contributed by atoms with Gasteiger partial charge in [-0.15, -0.1) is 0 Å². The van der Waals surface area contributed by atoms with Crippen LogP contribution in [0.4, 0.5) is 5.69 Å². The summed E-state index contributed by atoms with van der Waals surface area (Å²) in [4.78, 5) is 27.4. The van der Waals surface area contributed by atoms with Crippen LogP contribution in [0, 0.1) is 13.8 Å². The zero-order valence-corrected chi connectivity index (χ0v) is 13.4. The molecular formula is C19H18N2O2. The molecule has 2 N–H and O–H groups in total. The molecule has 3 aromatic rings. The Morgan fingerprint density at radius 2 is 1.83 bits per heavy atom. The standard InChI is InChI=1S/C19H18N2O2/c1-11-7-8-17-16(9-11)18(12(2)20-17)19(23)21-15-6-4-5-14(10-15)13(3)22/h4-10,20H,1-3H3,(H,21,23). The van der Waals surface area contributed by atoms with Crippen molar-refractivity contribution >= 4 is 28.3 Å². The van der Waals surface area contributed by atoms with Crippen molar-refractivity contribution in [1.82, 2.24) is 4.98 Å². The predicted octanol–water partition coefficient (Wildman–Crippen LogP) is 4.24. The van der Waals surface area contributed by atoms with Crippen molar-refractivity contribution < 1.29 is 9.59 Å². The number of hydrogen-bond acceptors (Lipinski definition) is 2. The second-order valence-corrected chi connectivity index (χ2v) is 5.77. The molecule has 0 spiro atoms. The minimum absolute atomic E-state index is 0.0278. The normalized spacial score (nSPS) is 10.7. The summed E-state index contributed by atoms with van der Waals surface area (Å²) >= 11 is 0. The number of carbonyl (C=O) groups is 2. The first-order chi connectivity index (χ1) is 11.0. The summed E-state index contributed by atoms with van der Waals surface area (Å²) in [5.74, 6) is -0.208. The zero-order chi connectivity index (χ0) is 16.6. The second kappa shape index (κ2) is 5.72. The van der Waals surface area contributed by atoms with Crippen LogP contribution in [0.15, 0.2) is 42.5 Å². The molecule has 1 amide bonds. The lowest BCUT2D eigenvalue weighted by Crippen LogP contribution is -2.13. The van der Waals surface area contributed by atoms with Crippen molar-refractivity contribution in [2.75, 3.05) is 5.32 Å². The van der Waals surface area contributed by atoms with E-state index in [1.807, 2.05) is 32.0 Å². The number of aromatic nitrogens is 1. The first-order valence-electron chi connectivity index (χ1n) is 7.47. The third kappa shape index (κ3) is 2.88. The summed E-state index contributed by atoms with van der Waals surface area (Å²) in [6.45, 7) is 5.39. The average molecular weight is 306 g/mol. The average Bonchev–Trinajstić information content (AvgIpc) is 2.82. The highest BCUT2D eigenvalue weighted by Gasteiger charge is 2.16. The van der Waals surface area contributed by atoms with Gasteiger partial charge in [-0.05, 0) is 45.0 Å². The van der Waals surface area contributed by atoms with Gasteiger partial charge in [0.05, 0.1) is 5.56 Å². The second-order valence-electron chi connectivity index (χ2n) is 5.77. The molecule has 116 valence electrons. The topological polar surface area (TPSA) is 62.0 Å². The van der Waals surface area contributed by atoms with Crippen molar-refractivity contribution in [3.8, 4) is 0 Å². The van der Waals surface area contributed by atoms with E-state index < -0.39 is 0 Å². The van der Waals surface area contributed by atoms with Gasteiger partial charge in [0.15, 0.2) is 5.78 Å². The number of ketones is 1. The monoisotopic (exact) mass is 306 g/mol. The van der Waals surface area contributed by atoms with Crippen LogP contribution in [0.5, 0.6) is 0 Å². The van der Waals surface area contributed by atoms with Crippen LogP contribution in [0.3, 0.4) is 0 Å². The Bertz CT molecular complexity index is 922. The maximum absolute atomic E-state index is 12.7. The van der Waals surface area contributed by atoms with Crippen LogP contribution < -0.4 is 5.32 Å². The van der Waals surface area contributed by atoms with E-state index in [1.54, 1.807) is 24.3 Å². The largest absolute Gasteiger partial charge is 0.358 e. The van der Waals surface area contributed by atoms with Crippen LogP contribution in [-0.2, 0) is 0 Å². The molecule has 1 heterocycles. The van der Waals surface area contributed by atoms with Gasteiger partial charge in [-0.25, -0.2) is 0 Å². The minimum Gasteiger partial charge on any atom is -0.358 e. The highest BCUT2D eigenvalue weighted by molar-refractivity contribution is 6.14. The van der Waals surface area contributed by atoms with E-state index in [0.717, 1.165) is 22.2 Å². The fraction of sp³-hybridized carbons (Fsp3) is 0.158. The Balaban J connectivity index is 1.98. The van der Waals surface area contributed by atoms with Crippen molar-refractivity contribution in [3.05, 3.63) is 64.8 Å². The van der Waals surface area contributed by atoms with Crippen LogP contribution in [0.2, 0.25) is 0 Å². The lowest BCUT2D eigenvalue weighted by molar-refractivity contribution is 0.101. The van der Waals surface area contributed by atoms with Crippen molar-refractivity contribution in [2.24, 2.45) is 0 Å². The van der Waals surface area contributed by atoms with E-state index in [0.29, 0.717) is 16.8 Å². The maximum Gasteiger partial charge on any atom is 0.258 e. The molecule has 0 aliphatic rings. The third-order valence-corrected chi connectivity index (χ3v) is 3.90. The summed E-state index contributed by atoms with van der Waals surface area (Å²) in [5.41, 5.74) is 4.70. The van der Waals surface area contributed by atoms with Gasteiger partial charge in [0.2, 0.25) is 0 Å². The quantitative estimate of drug-likeness (QED) is 0.711. The molecule has 1 aromatic heterocycles. The summed E-state index contributed by atoms with van der Waals surface area (Å²) in [6.07, 6.45) is 0. The molecule has 0 aliphatic carbocycles. The summed E-state index contributed by atoms with van der Waals surface area (Å²) in [6, 6.07) is 13.0. The van der Waals surface area contributed by atoms with Gasteiger partial charge in [0.25, 0.3) is 5.91 Å². The SMILES string of the molecule is CC(=O)c1cccc(NC(=O)c2c(C)[nH]c3ccc(C)cc23)c1. The molecule has 0 bridgehead atoms. The first-order valence-corrected chi connectivity index (χ1v) is 7.47. The van der Waals surface area contributed by atoms with Crippen molar-refractivity contribution in [3.63, 3.8) is 0 Å². The molecule has 2 aromatic carbocycles. The Morgan fingerprint density at radius 1 is 1.04 bits per heavy atom. The number of amides is 1. The molecule has 0 aliphatic heterocycles. The van der Waals surface area contributed by atoms with E-state index in [1.165, 1.54) is 6.92 Å². The molecule has 0 fully saturated rings. The molecule has 0 radical (unpaired) electrons. The van der Waals surface area contributed by atoms with E-state index in [2.05, 4.69) is 10.3 Å². The molecule has 0 unspecified atom stereocenters. The van der Waals surface area contributed by atoms with Gasteiger partial charge in [-0.1, -0.05) is 23.8 Å². The summed E-state index contributed by atoms with van der Waals surface area (Å²) in [7, 11) is 0. The Labute approximate surface area is 134 Å². The van der Waals surface area contributed by atoms with Crippen LogP contribution in [0.1, 0.15) is 38.9 Å². The Kier molecular flexibility index (Phi) is 3.74. The maximum atomic E-state index is 12.7. The molecule has 4 nitrogen and oxygen atoms in total. The number of rotatable bonds is 3. The fourth-order valence-electron chi connectivity index (χ4n) is 2.74. The third-order valence-electron chi connectivity index (χ3n) is 3.90. The molecule has 4 heteroatoms. The van der Waals surface area contributed by atoms with Gasteiger partial charge in [-0.3, -0.25) is 9.59 Å². The molecule has 0 atom stereocenters. The highest BCUT2D eigenvalue weighted by atomic mass is 16.1. The van der Waals surface area contributed by atoms with E-state index >= 15 is 0 Å². The number of nitrogens with one attached hydrogen (secondary N) is 2. The van der Waals surface area contributed by atoms with Crippen molar-refractivity contribution in [1.29, 1.82) is 0 Å². The van der Waals surface area contributed by atoms with E-state index in [9.17, 15) is 9.59 Å². The number of fused-ring (bicyclic) bond motifs is 1. The molecule has 23 heavy (non-hydrogen) atoms. The van der Waals surface area contributed by atoms with E-state index in [4.69, 9.17) is 0 Å². The highest BCUT2D eigenvalue weighted by Crippen LogP contribution is 2.24. The predicted molar refractivity (Wildman–Crippen MR) is 92.2 cm³/mol. The smallest absolute Gasteiger partial charge is 0.258 e. The Morgan fingerprint density at radius 3 is 2.57 bits per heavy atom. The number of aromatic amines is 1. The lowest BCUT2D eigenvalue weighted by Gasteiger charge is -2.07. The summed E-state index contributed by atoms with van der Waals surface area (Å²) in [5, 5.41) is 3.79. The van der Waals surface area contributed by atoms with Gasteiger partial charge < -0.3 is 10.3 Å². The summed E-state index contributed by atoms with van der Waals surface area (Å²) < 4.78 is 0. The van der Waals surface area contributed by atoms with Crippen LogP contribution >= 0.6 is 0 Å². The molecule has 0 saturated carbocycles. The van der Waals surface area contributed by atoms with Crippen molar-refractivity contribution in [2.45, 2.75) is 20.8 Å². The number of hydrogen-bond donors (Lipinski definition) is 2. The van der Waals surface area contributed by atoms with E-state index in [-0.39, 0.29) is 11.7 Å². The molecular weight excluding hydrogens is 288 g/mol. The van der Waals surface area contributed by atoms with Gasteiger partial charge >= 0.3 is 0 Å². The fourth-order valence-corrected chi connectivity index (χ4v) is 2.74. The lowest BCUT2D eigenvalue weighted by atomic mass is 10.1. The van der Waals surface area contributed by atoms with Gasteiger partial charge in [0, 0.05) is 27.8 Å². The van der Waals surface area contributed by atoms with Gasteiger partial charge in [-0.2, -0.15) is 0 Å². The number of benzene rings is 2.